The van der Waals surface area contributed by atoms with Crippen molar-refractivity contribution < 1.29 is 13.6 Å². The molecule has 5 nitrogen and oxygen atoms in total. The molecule has 10 heteroatoms. The van der Waals surface area contributed by atoms with Crippen molar-refractivity contribution in [2.75, 3.05) is 11.1 Å². The van der Waals surface area contributed by atoms with Crippen molar-refractivity contribution >= 4 is 52.2 Å². The summed E-state index contributed by atoms with van der Waals surface area (Å²) in [6.45, 7) is 0. The highest BCUT2D eigenvalue weighted by molar-refractivity contribution is 7.99. The molecule has 0 aliphatic rings. The number of amides is 1. The van der Waals surface area contributed by atoms with Gasteiger partial charge < -0.3 is 5.32 Å². The van der Waals surface area contributed by atoms with Gasteiger partial charge in [-0.15, -0.1) is 10.2 Å². The highest BCUT2D eigenvalue weighted by Crippen LogP contribution is 2.25. The molecule has 0 spiro atoms. The zero-order valence-corrected chi connectivity index (χ0v) is 14.1. The average molecular weight is 389 g/mol. The lowest BCUT2D eigenvalue weighted by Gasteiger charge is -2.06. The van der Waals surface area contributed by atoms with Gasteiger partial charge in [-0.05, 0) is 18.2 Å². The summed E-state index contributed by atoms with van der Waals surface area (Å²) in [6, 6.07) is 4.44. The van der Waals surface area contributed by atoms with Crippen molar-refractivity contribution in [1.29, 1.82) is 0 Å². The Labute approximate surface area is 149 Å². The summed E-state index contributed by atoms with van der Waals surface area (Å²) < 4.78 is 27.9. The maximum Gasteiger partial charge on any atom is 0.234 e. The molecule has 1 amide bonds. The summed E-state index contributed by atoms with van der Waals surface area (Å²) in [7, 11) is 0. The molecule has 0 saturated carbocycles. The molecule has 0 radical (unpaired) electrons. The van der Waals surface area contributed by atoms with Crippen LogP contribution in [-0.2, 0) is 4.79 Å². The molecule has 124 valence electrons. The van der Waals surface area contributed by atoms with Crippen molar-refractivity contribution in [2.24, 2.45) is 0 Å². The van der Waals surface area contributed by atoms with E-state index in [4.69, 9.17) is 23.2 Å². The van der Waals surface area contributed by atoms with Gasteiger partial charge >= 0.3 is 0 Å². The number of nitrogens with zero attached hydrogens (tertiary/aromatic N) is 3. The Bertz CT molecular complexity index is 935. The van der Waals surface area contributed by atoms with Crippen molar-refractivity contribution in [3.63, 3.8) is 0 Å². The van der Waals surface area contributed by atoms with Crippen molar-refractivity contribution in [1.82, 2.24) is 14.6 Å². The third kappa shape index (κ3) is 3.61. The third-order valence-corrected chi connectivity index (χ3v) is 4.36. The molecule has 1 aromatic carbocycles. The van der Waals surface area contributed by atoms with Crippen LogP contribution < -0.4 is 5.32 Å². The van der Waals surface area contributed by atoms with Gasteiger partial charge in [0, 0.05) is 12.3 Å². The Morgan fingerprint density at radius 1 is 1.25 bits per heavy atom. The van der Waals surface area contributed by atoms with Crippen LogP contribution in [0, 0.1) is 11.6 Å². The first-order valence-corrected chi connectivity index (χ1v) is 8.25. The van der Waals surface area contributed by atoms with E-state index in [1.165, 1.54) is 6.07 Å². The lowest BCUT2D eigenvalue weighted by molar-refractivity contribution is -0.113. The highest BCUT2D eigenvalue weighted by Gasteiger charge is 2.13. The van der Waals surface area contributed by atoms with E-state index in [-0.39, 0.29) is 11.4 Å². The zero-order chi connectivity index (χ0) is 17.3. The lowest BCUT2D eigenvalue weighted by atomic mass is 10.3. The zero-order valence-electron chi connectivity index (χ0n) is 11.8. The molecule has 2 aromatic heterocycles. The van der Waals surface area contributed by atoms with Crippen LogP contribution in [0.3, 0.4) is 0 Å². The predicted molar refractivity (Wildman–Crippen MR) is 88.7 cm³/mol. The van der Waals surface area contributed by atoms with Gasteiger partial charge in [-0.3, -0.25) is 9.20 Å². The highest BCUT2D eigenvalue weighted by atomic mass is 35.5. The van der Waals surface area contributed by atoms with Crippen molar-refractivity contribution in [3.8, 4) is 0 Å². The van der Waals surface area contributed by atoms with Crippen LogP contribution in [-0.4, -0.2) is 26.3 Å². The fourth-order valence-corrected chi connectivity index (χ4v) is 3.13. The molecule has 0 atom stereocenters. The topological polar surface area (TPSA) is 59.3 Å². The molecule has 0 unspecified atom stereocenters. The Morgan fingerprint density at radius 2 is 2.04 bits per heavy atom. The molecule has 3 rings (SSSR count). The SMILES string of the molecule is O=C(CSc1nnc2c(Cl)cc(Cl)cn12)Nc1ccc(F)cc1F. The maximum atomic E-state index is 13.5. The summed E-state index contributed by atoms with van der Waals surface area (Å²) in [5.41, 5.74) is 0.313. The lowest BCUT2D eigenvalue weighted by Crippen LogP contribution is -2.15. The molecule has 0 aliphatic carbocycles. The number of carbonyl (C=O) groups is 1. The summed E-state index contributed by atoms with van der Waals surface area (Å²) in [6.07, 6.45) is 1.57. The second-order valence-corrected chi connectivity index (χ2v) is 6.43. The summed E-state index contributed by atoms with van der Waals surface area (Å²) >= 11 is 13.0. The van der Waals surface area contributed by atoms with Gasteiger partial charge in [0.05, 0.1) is 21.5 Å². The second kappa shape index (κ2) is 6.92. The van der Waals surface area contributed by atoms with Gasteiger partial charge in [-0.2, -0.15) is 0 Å². The van der Waals surface area contributed by atoms with Gasteiger partial charge in [0.25, 0.3) is 0 Å². The second-order valence-electron chi connectivity index (χ2n) is 4.64. The first-order chi connectivity index (χ1) is 11.4. The van der Waals surface area contributed by atoms with Crippen LogP contribution in [0.5, 0.6) is 0 Å². The van der Waals surface area contributed by atoms with Crippen molar-refractivity contribution in [3.05, 3.63) is 52.1 Å². The van der Waals surface area contributed by atoms with Crippen LogP contribution >= 0.6 is 35.0 Å². The maximum absolute atomic E-state index is 13.5. The standard InChI is InChI=1S/C14H8Cl2F2N4OS/c15-7-3-9(16)13-20-21-14(22(13)5-7)24-6-12(23)19-11-2-1-8(17)4-10(11)18/h1-5H,6H2,(H,19,23). The van der Waals surface area contributed by atoms with E-state index < -0.39 is 17.5 Å². The number of anilines is 1. The summed E-state index contributed by atoms with van der Waals surface area (Å²) in [5.74, 6) is -2.10. The number of halogens is 4. The Morgan fingerprint density at radius 3 is 2.79 bits per heavy atom. The van der Waals surface area contributed by atoms with E-state index in [1.54, 1.807) is 10.6 Å². The molecular formula is C14H8Cl2F2N4OS. The first kappa shape index (κ1) is 16.9. The minimum Gasteiger partial charge on any atom is -0.323 e. The molecule has 0 aliphatic heterocycles. The number of thioether (sulfide) groups is 1. The fraction of sp³-hybridized carbons (Fsp3) is 0.0714. The molecule has 3 aromatic rings. The number of rotatable bonds is 4. The predicted octanol–water partition coefficient (Wildman–Crippen LogP) is 4.05. The number of pyridine rings is 1. The van der Waals surface area contributed by atoms with Gasteiger partial charge in [0.1, 0.15) is 11.6 Å². The van der Waals surface area contributed by atoms with E-state index in [1.807, 2.05) is 0 Å². The first-order valence-electron chi connectivity index (χ1n) is 6.51. The van der Waals surface area contributed by atoms with Gasteiger partial charge in [-0.25, -0.2) is 8.78 Å². The Hall–Kier alpha value is -1.90. The van der Waals surface area contributed by atoms with E-state index in [0.717, 1.165) is 23.9 Å². The van der Waals surface area contributed by atoms with Gasteiger partial charge in [0.15, 0.2) is 10.8 Å². The van der Waals surface area contributed by atoms with E-state index in [2.05, 4.69) is 15.5 Å². The third-order valence-electron chi connectivity index (χ3n) is 2.93. The number of fused-ring (bicyclic) bond motifs is 1. The summed E-state index contributed by atoms with van der Waals surface area (Å²) in [4.78, 5) is 11.9. The quantitative estimate of drug-likeness (QED) is 0.685. The Kier molecular flexibility index (Phi) is 4.88. The average Bonchev–Trinajstić information content (AvgIpc) is 2.91. The van der Waals surface area contributed by atoms with Crippen LogP contribution in [0.4, 0.5) is 14.5 Å². The molecule has 2 heterocycles. The van der Waals surface area contributed by atoms with Crippen molar-refractivity contribution in [2.45, 2.75) is 5.16 Å². The van der Waals surface area contributed by atoms with Crippen LogP contribution in [0.1, 0.15) is 0 Å². The smallest absolute Gasteiger partial charge is 0.234 e. The van der Waals surface area contributed by atoms with E-state index in [9.17, 15) is 13.6 Å². The Balaban J connectivity index is 1.70. The molecule has 24 heavy (non-hydrogen) atoms. The van der Waals surface area contributed by atoms with Gasteiger partial charge in [0.2, 0.25) is 5.91 Å². The number of hydrogen-bond acceptors (Lipinski definition) is 4. The number of benzene rings is 1. The molecule has 1 N–H and O–H groups in total. The number of carbonyl (C=O) groups excluding carboxylic acids is 1. The minimum absolute atomic E-state index is 0.0538. The fourth-order valence-electron chi connectivity index (χ4n) is 1.91. The number of aromatic nitrogens is 3. The summed E-state index contributed by atoms with van der Waals surface area (Å²) in [5, 5.41) is 11.3. The van der Waals surface area contributed by atoms with E-state index >= 15 is 0 Å². The minimum atomic E-state index is -0.847. The number of nitrogens with one attached hydrogen (secondary N) is 1. The largest absolute Gasteiger partial charge is 0.323 e. The number of hydrogen-bond donors (Lipinski definition) is 1. The normalized spacial score (nSPS) is 11.0. The molecule has 0 fully saturated rings. The molecular weight excluding hydrogens is 381 g/mol. The van der Waals surface area contributed by atoms with E-state index in [0.29, 0.717) is 26.9 Å². The van der Waals surface area contributed by atoms with Gasteiger partial charge in [-0.1, -0.05) is 35.0 Å². The molecule has 0 bridgehead atoms. The molecule has 0 saturated heterocycles. The van der Waals surface area contributed by atoms with Crippen LogP contribution in [0.15, 0.2) is 35.6 Å². The van der Waals surface area contributed by atoms with Crippen LogP contribution in [0.2, 0.25) is 10.0 Å². The van der Waals surface area contributed by atoms with Crippen LogP contribution in [0.25, 0.3) is 5.65 Å². The monoisotopic (exact) mass is 388 g/mol.